The van der Waals surface area contributed by atoms with Crippen molar-refractivity contribution in [3.63, 3.8) is 0 Å². The molecule has 3 heterocycles. The highest BCUT2D eigenvalue weighted by Gasteiger charge is 2.35. The van der Waals surface area contributed by atoms with Gasteiger partial charge in [0.1, 0.15) is 0 Å². The Hall–Kier alpha value is -0.620. The first-order valence-electron chi connectivity index (χ1n) is 10.6. The van der Waals surface area contributed by atoms with Crippen LogP contribution in [-0.4, -0.2) is 54.2 Å². The zero-order valence-corrected chi connectivity index (χ0v) is 19.1. The number of nitrogens with zero attached hydrogens (tertiary/aromatic N) is 2. The summed E-state index contributed by atoms with van der Waals surface area (Å²) >= 11 is 14.3. The third-order valence-corrected chi connectivity index (χ3v) is 7.92. The number of aliphatic hydroxyl groups excluding tert-OH is 1. The average molecular weight is 453 g/mol. The van der Waals surface area contributed by atoms with Crippen LogP contribution in [0, 0.1) is 11.8 Å². The van der Waals surface area contributed by atoms with Gasteiger partial charge in [0.15, 0.2) is 0 Å². The Labute approximate surface area is 188 Å². The van der Waals surface area contributed by atoms with Crippen LogP contribution in [0.2, 0.25) is 10.0 Å². The number of benzene rings is 1. The average Bonchev–Trinajstić information content (AvgIpc) is 3.36. The van der Waals surface area contributed by atoms with Crippen LogP contribution < -0.4 is 0 Å². The molecule has 1 aromatic heterocycles. The van der Waals surface area contributed by atoms with Crippen LogP contribution in [-0.2, 0) is 6.54 Å². The zero-order chi connectivity index (χ0) is 20.2. The van der Waals surface area contributed by atoms with Gasteiger partial charge in [0, 0.05) is 48.7 Å². The Morgan fingerprint density at radius 1 is 1.07 bits per heavy atom. The highest BCUT2D eigenvalue weighted by molar-refractivity contribution is 7.08. The molecule has 0 spiro atoms. The molecule has 2 saturated heterocycles. The van der Waals surface area contributed by atoms with Crippen LogP contribution in [0.5, 0.6) is 0 Å². The normalized spacial score (nSPS) is 24.4. The fourth-order valence-corrected chi connectivity index (χ4v) is 6.19. The molecule has 4 rings (SSSR count). The number of likely N-dealkylation sites (tertiary alicyclic amines) is 2. The second-order valence-electron chi connectivity index (χ2n) is 8.61. The monoisotopic (exact) mass is 452 g/mol. The summed E-state index contributed by atoms with van der Waals surface area (Å²) in [6.07, 6.45) is 3.41. The summed E-state index contributed by atoms with van der Waals surface area (Å²) in [7, 11) is 0. The molecule has 2 aliphatic rings. The summed E-state index contributed by atoms with van der Waals surface area (Å²) in [4.78, 5) is 5.21. The van der Waals surface area contributed by atoms with Gasteiger partial charge in [-0.2, -0.15) is 11.3 Å². The van der Waals surface area contributed by atoms with Gasteiger partial charge < -0.3 is 10.0 Å². The molecule has 0 saturated carbocycles. The standard InChI is InChI=1S/C23H30Cl2N2OS/c24-21-2-1-18(23(25)11-21)12-27-14-20(22(15-27)19-6-10-29-16-19)13-26-7-3-17(4-8-26)5-9-28/h1-2,6,10-11,16-17,20,22,28H,3-5,7-9,12-15H2. The number of halogens is 2. The Bertz CT molecular complexity index is 777. The largest absolute Gasteiger partial charge is 0.396 e. The molecular weight excluding hydrogens is 423 g/mol. The van der Waals surface area contributed by atoms with E-state index in [1.807, 2.05) is 12.1 Å². The number of rotatable bonds is 7. The number of thiophene rings is 1. The fraction of sp³-hybridized carbons (Fsp3) is 0.565. The Balaban J connectivity index is 1.41. The minimum absolute atomic E-state index is 0.329. The number of hydrogen-bond donors (Lipinski definition) is 1. The van der Waals surface area contributed by atoms with Gasteiger partial charge in [0.25, 0.3) is 0 Å². The van der Waals surface area contributed by atoms with Gasteiger partial charge >= 0.3 is 0 Å². The maximum atomic E-state index is 9.20. The minimum atomic E-state index is 0.329. The number of hydrogen-bond acceptors (Lipinski definition) is 4. The van der Waals surface area contributed by atoms with E-state index < -0.39 is 0 Å². The van der Waals surface area contributed by atoms with Crippen molar-refractivity contribution in [3.8, 4) is 0 Å². The van der Waals surface area contributed by atoms with E-state index in [9.17, 15) is 5.11 Å². The van der Waals surface area contributed by atoms with E-state index in [0.29, 0.717) is 29.4 Å². The molecule has 3 nitrogen and oxygen atoms in total. The third kappa shape index (κ3) is 5.55. The van der Waals surface area contributed by atoms with Gasteiger partial charge in [0.2, 0.25) is 0 Å². The number of piperidine rings is 1. The van der Waals surface area contributed by atoms with Crippen molar-refractivity contribution in [2.45, 2.75) is 31.7 Å². The lowest BCUT2D eigenvalue weighted by Crippen LogP contribution is -2.38. The van der Waals surface area contributed by atoms with E-state index in [0.717, 1.165) is 43.2 Å². The molecule has 0 amide bonds. The first-order chi connectivity index (χ1) is 14.1. The van der Waals surface area contributed by atoms with Crippen LogP contribution in [0.15, 0.2) is 35.0 Å². The first-order valence-corrected chi connectivity index (χ1v) is 12.3. The minimum Gasteiger partial charge on any atom is -0.396 e. The van der Waals surface area contributed by atoms with Gasteiger partial charge in [-0.15, -0.1) is 0 Å². The molecule has 0 aliphatic carbocycles. The summed E-state index contributed by atoms with van der Waals surface area (Å²) < 4.78 is 0. The van der Waals surface area contributed by atoms with Gasteiger partial charge in [-0.3, -0.25) is 4.90 Å². The van der Waals surface area contributed by atoms with E-state index >= 15 is 0 Å². The molecule has 2 unspecified atom stereocenters. The van der Waals surface area contributed by atoms with Gasteiger partial charge in [0.05, 0.1) is 0 Å². The van der Waals surface area contributed by atoms with Crippen LogP contribution in [0.1, 0.15) is 36.3 Å². The predicted molar refractivity (Wildman–Crippen MR) is 123 cm³/mol. The highest BCUT2D eigenvalue weighted by Crippen LogP contribution is 2.36. The summed E-state index contributed by atoms with van der Waals surface area (Å²) in [6, 6.07) is 8.14. The van der Waals surface area contributed by atoms with Gasteiger partial charge in [-0.1, -0.05) is 29.3 Å². The van der Waals surface area contributed by atoms with Crippen LogP contribution in [0.4, 0.5) is 0 Å². The molecule has 2 aliphatic heterocycles. The van der Waals surface area contributed by atoms with Crippen molar-refractivity contribution in [2.24, 2.45) is 11.8 Å². The van der Waals surface area contributed by atoms with Crippen molar-refractivity contribution in [3.05, 3.63) is 56.2 Å². The summed E-state index contributed by atoms with van der Waals surface area (Å²) in [5.41, 5.74) is 2.64. The van der Waals surface area contributed by atoms with Crippen LogP contribution in [0.25, 0.3) is 0 Å². The third-order valence-electron chi connectivity index (χ3n) is 6.63. The number of aliphatic hydroxyl groups is 1. The van der Waals surface area contributed by atoms with Crippen molar-refractivity contribution in [2.75, 3.05) is 39.3 Å². The predicted octanol–water partition coefficient (Wildman–Crippen LogP) is 5.36. The van der Waals surface area contributed by atoms with Gasteiger partial charge in [-0.05, 0) is 84.3 Å². The molecule has 2 aromatic rings. The molecule has 6 heteroatoms. The van der Waals surface area contributed by atoms with E-state index in [-0.39, 0.29) is 0 Å². The van der Waals surface area contributed by atoms with E-state index in [1.165, 1.54) is 31.5 Å². The smallest absolute Gasteiger partial charge is 0.0465 e. The van der Waals surface area contributed by atoms with Gasteiger partial charge in [-0.25, -0.2) is 0 Å². The molecule has 1 N–H and O–H groups in total. The van der Waals surface area contributed by atoms with E-state index in [2.05, 4.69) is 32.7 Å². The molecule has 2 atom stereocenters. The summed E-state index contributed by atoms with van der Waals surface area (Å²) in [5, 5.41) is 15.2. The fourth-order valence-electron chi connectivity index (χ4n) is 5.00. The second kappa shape index (κ2) is 10.1. The van der Waals surface area contributed by atoms with Crippen molar-refractivity contribution < 1.29 is 5.11 Å². The Morgan fingerprint density at radius 2 is 1.90 bits per heavy atom. The lowest BCUT2D eigenvalue weighted by molar-refractivity contribution is 0.139. The maximum Gasteiger partial charge on any atom is 0.0465 e. The van der Waals surface area contributed by atoms with E-state index in [1.54, 1.807) is 11.3 Å². The SMILES string of the molecule is OCCC1CCN(CC2CN(Cc3ccc(Cl)cc3Cl)CC2c2ccsc2)CC1. The molecule has 1 aromatic carbocycles. The zero-order valence-electron chi connectivity index (χ0n) is 16.8. The first kappa shape index (κ1) is 21.6. The van der Waals surface area contributed by atoms with Crippen molar-refractivity contribution in [1.29, 1.82) is 0 Å². The lowest BCUT2D eigenvalue weighted by Gasteiger charge is -2.34. The van der Waals surface area contributed by atoms with Crippen molar-refractivity contribution >= 4 is 34.5 Å². The van der Waals surface area contributed by atoms with Crippen LogP contribution >= 0.6 is 34.5 Å². The van der Waals surface area contributed by atoms with E-state index in [4.69, 9.17) is 23.2 Å². The molecule has 0 radical (unpaired) electrons. The molecule has 0 bridgehead atoms. The van der Waals surface area contributed by atoms with Crippen molar-refractivity contribution in [1.82, 2.24) is 9.80 Å². The second-order valence-corrected chi connectivity index (χ2v) is 10.2. The maximum absolute atomic E-state index is 9.20. The topological polar surface area (TPSA) is 26.7 Å². The van der Waals surface area contributed by atoms with Crippen LogP contribution in [0.3, 0.4) is 0 Å². The lowest BCUT2D eigenvalue weighted by atomic mass is 9.88. The molecule has 158 valence electrons. The molecular formula is C23H30Cl2N2OS. The molecule has 29 heavy (non-hydrogen) atoms. The Kier molecular flexibility index (Phi) is 7.54. The highest BCUT2D eigenvalue weighted by atomic mass is 35.5. The molecule has 2 fully saturated rings. The summed E-state index contributed by atoms with van der Waals surface area (Å²) in [6.45, 7) is 6.90. The summed E-state index contributed by atoms with van der Waals surface area (Å²) in [5.74, 6) is 1.93. The Morgan fingerprint density at radius 3 is 2.59 bits per heavy atom. The quantitative estimate of drug-likeness (QED) is 0.611.